The highest BCUT2D eigenvalue weighted by molar-refractivity contribution is 8.00. The topological polar surface area (TPSA) is 150 Å². The second kappa shape index (κ2) is 8.85. The number of fused-ring (bicyclic) bond motifs is 1. The van der Waals surface area contributed by atoms with Gasteiger partial charge in [0, 0.05) is 17.0 Å². The molecule has 0 aromatic carbocycles. The number of β-lactam (4-membered cyclic amide) rings is 1. The fourth-order valence-electron chi connectivity index (χ4n) is 3.00. The largest absolute Gasteiger partial charge is 0.477 e. The number of oxime groups is 1. The molecule has 0 spiro atoms. The molecule has 3 aliphatic rings. The first kappa shape index (κ1) is 21.6. The van der Waals surface area contributed by atoms with E-state index >= 15 is 0 Å². The van der Waals surface area contributed by atoms with Crippen LogP contribution >= 0.6 is 34.7 Å². The van der Waals surface area contributed by atoms with Gasteiger partial charge in [0.15, 0.2) is 10.8 Å². The molecular formula is C17H16ClN5O6S2. The zero-order valence-corrected chi connectivity index (χ0v) is 18.1. The molecule has 4 rings (SSSR count). The first-order valence-corrected chi connectivity index (χ1v) is 11.6. The number of alkyl halides is 1. The lowest BCUT2D eigenvalue weighted by atomic mass is 10.0. The summed E-state index contributed by atoms with van der Waals surface area (Å²) in [6.07, 6.45) is 2.05. The van der Waals surface area contributed by atoms with Gasteiger partial charge in [-0.05, 0) is 18.4 Å². The van der Waals surface area contributed by atoms with Crippen molar-refractivity contribution >= 4 is 69.7 Å². The predicted molar refractivity (Wildman–Crippen MR) is 113 cm³/mol. The summed E-state index contributed by atoms with van der Waals surface area (Å²) < 4.78 is 0. The van der Waals surface area contributed by atoms with Crippen LogP contribution < -0.4 is 10.6 Å². The zero-order valence-electron chi connectivity index (χ0n) is 15.7. The number of amides is 3. The van der Waals surface area contributed by atoms with E-state index in [1.807, 2.05) is 0 Å². The molecule has 2 aliphatic heterocycles. The van der Waals surface area contributed by atoms with Crippen molar-refractivity contribution < 1.29 is 29.1 Å². The molecule has 0 radical (unpaired) electrons. The Labute approximate surface area is 188 Å². The van der Waals surface area contributed by atoms with Gasteiger partial charge in [0.25, 0.3) is 11.8 Å². The van der Waals surface area contributed by atoms with Gasteiger partial charge in [0.1, 0.15) is 28.9 Å². The van der Waals surface area contributed by atoms with E-state index in [9.17, 15) is 24.3 Å². The summed E-state index contributed by atoms with van der Waals surface area (Å²) in [6.45, 7) is 0. The number of thiazole rings is 1. The monoisotopic (exact) mass is 485 g/mol. The molecule has 1 saturated heterocycles. The molecule has 3 amide bonds. The summed E-state index contributed by atoms with van der Waals surface area (Å²) in [4.78, 5) is 58.4. The van der Waals surface area contributed by atoms with Crippen molar-refractivity contribution in [3.8, 4) is 0 Å². The van der Waals surface area contributed by atoms with Crippen LogP contribution in [0.1, 0.15) is 18.5 Å². The number of hydrogen-bond donors (Lipinski definition) is 3. The molecule has 2 fully saturated rings. The Morgan fingerprint density at radius 3 is 2.87 bits per heavy atom. The maximum atomic E-state index is 12.9. The van der Waals surface area contributed by atoms with Crippen LogP contribution in [0.15, 0.2) is 21.8 Å². The van der Waals surface area contributed by atoms with Gasteiger partial charge in [-0.1, -0.05) is 5.16 Å². The third-order valence-corrected chi connectivity index (χ3v) is 7.10. The Morgan fingerprint density at radius 1 is 1.45 bits per heavy atom. The van der Waals surface area contributed by atoms with E-state index in [-0.39, 0.29) is 34.2 Å². The highest BCUT2D eigenvalue weighted by atomic mass is 35.5. The number of carbonyl (C=O) groups excluding carboxylic acids is 3. The number of rotatable bonds is 9. The smallest absolute Gasteiger partial charge is 0.352 e. The second-order valence-corrected chi connectivity index (χ2v) is 9.03. The average Bonchev–Trinajstić information content (AvgIpc) is 3.48. The van der Waals surface area contributed by atoms with E-state index in [0.717, 1.165) is 29.1 Å². The molecule has 1 saturated carbocycles. The second-order valence-electron chi connectivity index (χ2n) is 6.80. The van der Waals surface area contributed by atoms with Crippen molar-refractivity contribution in [3.63, 3.8) is 0 Å². The summed E-state index contributed by atoms with van der Waals surface area (Å²) >= 11 is 8.24. The van der Waals surface area contributed by atoms with Crippen LogP contribution in [0.5, 0.6) is 0 Å². The summed E-state index contributed by atoms with van der Waals surface area (Å²) in [5.41, 5.74) is 0.364. The molecule has 0 bridgehead atoms. The third kappa shape index (κ3) is 4.25. The van der Waals surface area contributed by atoms with Gasteiger partial charge in [-0.3, -0.25) is 19.3 Å². The highest BCUT2D eigenvalue weighted by Gasteiger charge is 2.54. The lowest BCUT2D eigenvalue weighted by Crippen LogP contribution is -2.71. The van der Waals surface area contributed by atoms with Crippen molar-refractivity contribution in [1.29, 1.82) is 0 Å². The molecule has 11 nitrogen and oxygen atoms in total. The van der Waals surface area contributed by atoms with Gasteiger partial charge in [0.05, 0.1) is 0 Å². The number of nitrogens with one attached hydrogen (secondary N) is 2. The van der Waals surface area contributed by atoms with Gasteiger partial charge >= 0.3 is 5.97 Å². The Morgan fingerprint density at radius 2 is 2.23 bits per heavy atom. The number of aliphatic carboxylic acids is 1. The molecule has 1 aliphatic carbocycles. The van der Waals surface area contributed by atoms with Crippen molar-refractivity contribution in [3.05, 3.63) is 22.3 Å². The Kier molecular flexibility index (Phi) is 6.16. The quantitative estimate of drug-likeness (QED) is 0.151. The summed E-state index contributed by atoms with van der Waals surface area (Å²) in [5.74, 6) is -2.14. The number of carboxylic acid groups (broad SMARTS) is 1. The van der Waals surface area contributed by atoms with Gasteiger partial charge in [-0.15, -0.1) is 34.7 Å². The average molecular weight is 486 g/mol. The standard InChI is InChI=1S/C17H16ClN5O6S2/c18-3-7-4-30-15-11(14(26)23(15)12(7)16(27)28)21-13(25)10(22-29-8-1-2-8)9-5-31-17(20-9)19-6-24/h5-6,8,11,15H,1-4H2,(H,21,25)(H,27,28)(H,19,20,24)/b22-10-/t11-,15-/m1/s1. The fraction of sp³-hybridized carbons (Fsp3) is 0.412. The van der Waals surface area contributed by atoms with Crippen LogP contribution in [0.3, 0.4) is 0 Å². The van der Waals surface area contributed by atoms with Crippen molar-refractivity contribution in [2.24, 2.45) is 5.16 Å². The number of nitrogens with zero attached hydrogens (tertiary/aromatic N) is 3. The van der Waals surface area contributed by atoms with Crippen molar-refractivity contribution in [2.45, 2.75) is 30.4 Å². The predicted octanol–water partition coefficient (Wildman–Crippen LogP) is 0.572. The van der Waals surface area contributed by atoms with Crippen LogP contribution in [-0.4, -0.2) is 74.0 Å². The Balaban J connectivity index is 1.52. The molecule has 1 aromatic heterocycles. The molecule has 3 N–H and O–H groups in total. The molecule has 164 valence electrons. The molecule has 2 atom stereocenters. The van der Waals surface area contributed by atoms with Gasteiger partial charge < -0.3 is 20.6 Å². The zero-order chi connectivity index (χ0) is 22.1. The lowest BCUT2D eigenvalue weighted by Gasteiger charge is -2.49. The molecule has 3 heterocycles. The van der Waals surface area contributed by atoms with E-state index in [4.69, 9.17) is 16.4 Å². The Bertz CT molecular complexity index is 1010. The lowest BCUT2D eigenvalue weighted by molar-refractivity contribution is -0.150. The first-order valence-electron chi connectivity index (χ1n) is 9.11. The first-order chi connectivity index (χ1) is 14.9. The van der Waals surface area contributed by atoms with E-state index in [0.29, 0.717) is 17.7 Å². The van der Waals surface area contributed by atoms with Crippen molar-refractivity contribution in [2.75, 3.05) is 16.9 Å². The summed E-state index contributed by atoms with van der Waals surface area (Å²) in [6, 6.07) is -0.930. The van der Waals surface area contributed by atoms with E-state index in [1.165, 1.54) is 17.1 Å². The number of halogens is 1. The van der Waals surface area contributed by atoms with Gasteiger partial charge in [-0.25, -0.2) is 9.78 Å². The number of aromatic nitrogens is 1. The number of hydrogen-bond acceptors (Lipinski definition) is 9. The summed E-state index contributed by atoms with van der Waals surface area (Å²) in [7, 11) is 0. The molecule has 14 heteroatoms. The minimum atomic E-state index is -1.24. The van der Waals surface area contributed by atoms with Crippen LogP contribution in [-0.2, 0) is 24.0 Å². The van der Waals surface area contributed by atoms with Crippen molar-refractivity contribution in [1.82, 2.24) is 15.2 Å². The van der Waals surface area contributed by atoms with Crippen LogP contribution in [0.2, 0.25) is 0 Å². The fourth-order valence-corrected chi connectivity index (χ4v) is 5.33. The minimum absolute atomic E-state index is 0.00153. The number of carboxylic acids is 1. The molecule has 31 heavy (non-hydrogen) atoms. The van der Waals surface area contributed by atoms with Crippen LogP contribution in [0.25, 0.3) is 0 Å². The SMILES string of the molecule is O=CNc1nc(/C(=N/OC2CC2)C(=O)N[C@@H]2C(=O)N3C(C(=O)O)=C(CCl)CS[C@H]23)cs1. The maximum absolute atomic E-state index is 12.9. The van der Waals surface area contributed by atoms with E-state index in [1.54, 1.807) is 0 Å². The number of carbonyl (C=O) groups is 4. The van der Waals surface area contributed by atoms with Gasteiger partial charge in [-0.2, -0.15) is 0 Å². The van der Waals surface area contributed by atoms with E-state index < -0.39 is 29.2 Å². The maximum Gasteiger partial charge on any atom is 0.352 e. The summed E-state index contributed by atoms with van der Waals surface area (Å²) in [5, 5.41) is 19.6. The highest BCUT2D eigenvalue weighted by Crippen LogP contribution is 2.40. The molecule has 1 aromatic rings. The minimum Gasteiger partial charge on any atom is -0.477 e. The Hall–Kier alpha value is -2.64. The van der Waals surface area contributed by atoms with E-state index in [2.05, 4.69) is 20.8 Å². The molecule has 0 unspecified atom stereocenters. The van der Waals surface area contributed by atoms with Crippen LogP contribution in [0.4, 0.5) is 5.13 Å². The normalized spacial score (nSPS) is 23.1. The third-order valence-electron chi connectivity index (χ3n) is 4.66. The molecular weight excluding hydrogens is 470 g/mol. The van der Waals surface area contributed by atoms with Crippen LogP contribution in [0, 0.1) is 0 Å². The number of anilines is 1. The van der Waals surface area contributed by atoms with Gasteiger partial charge in [0.2, 0.25) is 6.41 Å². The number of thioether (sulfide) groups is 1.